The summed E-state index contributed by atoms with van der Waals surface area (Å²) in [5.41, 5.74) is 0.621. The fraction of sp³-hybridized carbons (Fsp3) is 1.00. The van der Waals surface area contributed by atoms with Crippen LogP contribution in [0, 0.1) is 5.41 Å². The van der Waals surface area contributed by atoms with E-state index < -0.39 is 0 Å². The van der Waals surface area contributed by atoms with Crippen molar-refractivity contribution < 1.29 is 0 Å². The maximum Gasteiger partial charge on any atom is 0.00928 e. The third-order valence-electron chi connectivity index (χ3n) is 5.13. The van der Waals surface area contributed by atoms with Crippen molar-refractivity contribution in [1.29, 1.82) is 0 Å². The third kappa shape index (κ3) is 3.48. The molecule has 2 heteroatoms. The van der Waals surface area contributed by atoms with E-state index in [1.165, 1.54) is 77.5 Å². The molecule has 2 heterocycles. The zero-order valence-corrected chi connectivity index (χ0v) is 12.5. The van der Waals surface area contributed by atoms with Crippen molar-refractivity contribution in [2.24, 2.45) is 5.41 Å². The Bertz CT molecular complexity index is 228. The van der Waals surface area contributed by atoms with Gasteiger partial charge in [0, 0.05) is 19.1 Å². The molecule has 106 valence electrons. The number of likely N-dealkylation sites (tertiary alicyclic amines) is 1. The van der Waals surface area contributed by atoms with Crippen LogP contribution in [0.25, 0.3) is 0 Å². The minimum atomic E-state index is 0.621. The molecule has 0 saturated carbocycles. The highest BCUT2D eigenvalue weighted by atomic mass is 15.2. The quantitative estimate of drug-likeness (QED) is 0.806. The normalized spacial score (nSPS) is 31.7. The molecule has 0 bridgehead atoms. The van der Waals surface area contributed by atoms with Gasteiger partial charge in [-0.2, -0.15) is 0 Å². The number of unbranched alkanes of at least 4 members (excludes halogenated alkanes) is 1. The summed E-state index contributed by atoms with van der Waals surface area (Å²) in [7, 11) is 0. The van der Waals surface area contributed by atoms with Crippen LogP contribution in [0.15, 0.2) is 0 Å². The molecule has 0 amide bonds. The van der Waals surface area contributed by atoms with E-state index in [0.717, 1.165) is 6.04 Å². The summed E-state index contributed by atoms with van der Waals surface area (Å²) >= 11 is 0. The summed E-state index contributed by atoms with van der Waals surface area (Å²) in [4.78, 5) is 2.83. The van der Waals surface area contributed by atoms with E-state index in [4.69, 9.17) is 0 Å². The summed E-state index contributed by atoms with van der Waals surface area (Å²) in [6.07, 6.45) is 11.2. The van der Waals surface area contributed by atoms with Crippen molar-refractivity contribution in [1.82, 2.24) is 10.2 Å². The predicted octanol–water partition coefficient (Wildman–Crippen LogP) is 3.42. The van der Waals surface area contributed by atoms with E-state index in [0.29, 0.717) is 5.41 Å². The lowest BCUT2D eigenvalue weighted by Crippen LogP contribution is -2.53. The van der Waals surface area contributed by atoms with Gasteiger partial charge in [-0.15, -0.1) is 0 Å². The summed E-state index contributed by atoms with van der Waals surface area (Å²) in [6, 6.07) is 0.851. The largest absolute Gasteiger partial charge is 0.316 e. The minimum absolute atomic E-state index is 0.621. The molecule has 2 fully saturated rings. The van der Waals surface area contributed by atoms with Gasteiger partial charge in [-0.1, -0.05) is 26.7 Å². The molecule has 2 aliphatic heterocycles. The molecule has 2 rings (SSSR count). The molecule has 2 nitrogen and oxygen atoms in total. The monoisotopic (exact) mass is 252 g/mol. The van der Waals surface area contributed by atoms with E-state index >= 15 is 0 Å². The third-order valence-corrected chi connectivity index (χ3v) is 5.13. The molecule has 0 radical (unpaired) electrons. The SMILES string of the molecule is CCCCC(CC)N1CCCC2(CCCNC2)C1. The van der Waals surface area contributed by atoms with E-state index in [1.54, 1.807) is 0 Å². The van der Waals surface area contributed by atoms with Crippen LogP contribution >= 0.6 is 0 Å². The number of nitrogens with zero attached hydrogens (tertiary/aromatic N) is 1. The van der Waals surface area contributed by atoms with Gasteiger partial charge in [-0.3, -0.25) is 4.90 Å². The Kier molecular flexibility index (Phi) is 5.50. The van der Waals surface area contributed by atoms with Crippen LogP contribution in [0.3, 0.4) is 0 Å². The highest BCUT2D eigenvalue weighted by Gasteiger charge is 2.37. The lowest BCUT2D eigenvalue weighted by atomic mass is 9.74. The highest BCUT2D eigenvalue weighted by molar-refractivity contribution is 4.93. The van der Waals surface area contributed by atoms with Gasteiger partial charge < -0.3 is 5.32 Å². The molecular formula is C16H32N2. The molecular weight excluding hydrogens is 220 g/mol. The second-order valence-electron chi connectivity index (χ2n) is 6.56. The van der Waals surface area contributed by atoms with Gasteiger partial charge in [0.1, 0.15) is 0 Å². The predicted molar refractivity (Wildman–Crippen MR) is 78.9 cm³/mol. The second-order valence-corrected chi connectivity index (χ2v) is 6.56. The fourth-order valence-corrected chi connectivity index (χ4v) is 4.02. The Balaban J connectivity index is 1.91. The number of nitrogens with one attached hydrogen (secondary N) is 1. The molecule has 0 aliphatic carbocycles. The van der Waals surface area contributed by atoms with Crippen LogP contribution in [0.4, 0.5) is 0 Å². The zero-order chi connectivity index (χ0) is 12.8. The van der Waals surface area contributed by atoms with Crippen LogP contribution < -0.4 is 5.32 Å². The highest BCUT2D eigenvalue weighted by Crippen LogP contribution is 2.37. The van der Waals surface area contributed by atoms with Gasteiger partial charge in [0.05, 0.1) is 0 Å². The molecule has 0 aromatic heterocycles. The van der Waals surface area contributed by atoms with Gasteiger partial charge >= 0.3 is 0 Å². The number of hydrogen-bond donors (Lipinski definition) is 1. The number of piperidine rings is 2. The second kappa shape index (κ2) is 6.91. The van der Waals surface area contributed by atoms with E-state index in [-0.39, 0.29) is 0 Å². The topological polar surface area (TPSA) is 15.3 Å². The van der Waals surface area contributed by atoms with E-state index in [2.05, 4.69) is 24.1 Å². The number of hydrogen-bond acceptors (Lipinski definition) is 2. The van der Waals surface area contributed by atoms with Gasteiger partial charge in [0.2, 0.25) is 0 Å². The maximum absolute atomic E-state index is 3.64. The maximum atomic E-state index is 3.64. The smallest absolute Gasteiger partial charge is 0.00928 e. The van der Waals surface area contributed by atoms with E-state index in [9.17, 15) is 0 Å². The summed E-state index contributed by atoms with van der Waals surface area (Å²) < 4.78 is 0. The lowest BCUT2D eigenvalue weighted by molar-refractivity contribution is 0.0331. The first-order chi connectivity index (χ1) is 8.79. The average molecular weight is 252 g/mol. The van der Waals surface area contributed by atoms with Crippen molar-refractivity contribution in [2.45, 2.75) is 71.3 Å². The first-order valence-corrected chi connectivity index (χ1v) is 8.24. The van der Waals surface area contributed by atoms with Gasteiger partial charge in [-0.05, 0) is 57.0 Å². The summed E-state index contributed by atoms with van der Waals surface area (Å²) in [5.74, 6) is 0. The standard InChI is InChI=1S/C16H32N2/c1-3-5-8-15(4-2)18-12-7-10-16(14-18)9-6-11-17-13-16/h15,17H,3-14H2,1-2H3. The van der Waals surface area contributed by atoms with Crippen molar-refractivity contribution in [3.63, 3.8) is 0 Å². The van der Waals surface area contributed by atoms with Crippen LogP contribution in [0.2, 0.25) is 0 Å². The zero-order valence-electron chi connectivity index (χ0n) is 12.5. The van der Waals surface area contributed by atoms with Crippen LogP contribution in [-0.2, 0) is 0 Å². The lowest BCUT2D eigenvalue weighted by Gasteiger charge is -2.48. The molecule has 2 unspecified atom stereocenters. The average Bonchev–Trinajstić information content (AvgIpc) is 2.41. The number of rotatable bonds is 5. The van der Waals surface area contributed by atoms with E-state index in [1.807, 2.05) is 0 Å². The van der Waals surface area contributed by atoms with Crippen LogP contribution in [0.5, 0.6) is 0 Å². The molecule has 1 spiro atoms. The van der Waals surface area contributed by atoms with Crippen molar-refractivity contribution in [3.05, 3.63) is 0 Å². The minimum Gasteiger partial charge on any atom is -0.316 e. The summed E-state index contributed by atoms with van der Waals surface area (Å²) in [6.45, 7) is 9.92. The molecule has 2 atom stereocenters. The Morgan fingerprint density at radius 2 is 2.06 bits per heavy atom. The molecule has 18 heavy (non-hydrogen) atoms. The Labute approximate surface area is 114 Å². The molecule has 0 aromatic carbocycles. The molecule has 2 saturated heterocycles. The summed E-state index contributed by atoms with van der Waals surface area (Å²) in [5, 5.41) is 3.64. The molecule has 2 aliphatic rings. The first-order valence-electron chi connectivity index (χ1n) is 8.24. The first kappa shape index (κ1) is 14.3. The fourth-order valence-electron chi connectivity index (χ4n) is 4.02. The van der Waals surface area contributed by atoms with Crippen molar-refractivity contribution in [3.8, 4) is 0 Å². The van der Waals surface area contributed by atoms with Crippen LogP contribution in [-0.4, -0.2) is 37.1 Å². The molecule has 1 N–H and O–H groups in total. The Morgan fingerprint density at radius 3 is 2.72 bits per heavy atom. The Morgan fingerprint density at radius 1 is 1.22 bits per heavy atom. The van der Waals surface area contributed by atoms with Gasteiger partial charge in [-0.25, -0.2) is 0 Å². The van der Waals surface area contributed by atoms with Crippen molar-refractivity contribution >= 4 is 0 Å². The van der Waals surface area contributed by atoms with Crippen LogP contribution in [0.1, 0.15) is 65.2 Å². The Hall–Kier alpha value is -0.0800. The van der Waals surface area contributed by atoms with Gasteiger partial charge in [0.15, 0.2) is 0 Å². The molecule has 0 aromatic rings. The van der Waals surface area contributed by atoms with Gasteiger partial charge in [0.25, 0.3) is 0 Å². The van der Waals surface area contributed by atoms with Crippen molar-refractivity contribution in [2.75, 3.05) is 26.2 Å².